The molecule has 3 N–H and O–H groups in total. The van der Waals surface area contributed by atoms with Gasteiger partial charge in [-0.1, -0.05) is 23.7 Å². The number of nitrogens with two attached hydrogens (primary N) is 1. The van der Waals surface area contributed by atoms with Crippen LogP contribution in [0.4, 0.5) is 0 Å². The minimum absolute atomic E-state index is 0.359. The minimum atomic E-state index is -3.29. The van der Waals surface area contributed by atoms with E-state index in [1.165, 1.54) is 0 Å². The maximum Gasteiger partial charge on any atom is 0.152 e. The Labute approximate surface area is 105 Å². The predicted octanol–water partition coefficient (Wildman–Crippen LogP) is 0.540. The summed E-state index contributed by atoms with van der Waals surface area (Å²) in [4.78, 5) is 0. The van der Waals surface area contributed by atoms with Crippen LogP contribution >= 0.6 is 11.6 Å². The van der Waals surface area contributed by atoms with Crippen molar-refractivity contribution in [3.05, 3.63) is 34.9 Å². The summed E-state index contributed by atoms with van der Waals surface area (Å²) in [6, 6.07) is 6.92. The lowest BCUT2D eigenvalue weighted by atomic mass is 10.1. The number of sulfone groups is 1. The molecule has 0 amide bonds. The average molecular weight is 276 g/mol. The molecule has 1 aliphatic rings. The van der Waals surface area contributed by atoms with Crippen LogP contribution in [0, 0.1) is 0 Å². The van der Waals surface area contributed by atoms with E-state index in [4.69, 9.17) is 17.3 Å². The molecular weight excluding hydrogens is 262 g/mol. The van der Waals surface area contributed by atoms with Crippen LogP contribution in [0.25, 0.3) is 0 Å². The van der Waals surface area contributed by atoms with E-state index in [1.807, 2.05) is 0 Å². The number of benzene rings is 1. The summed E-state index contributed by atoms with van der Waals surface area (Å²) in [5, 5.41) is 9.07. The summed E-state index contributed by atoms with van der Waals surface area (Å²) >= 11 is 5.86. The molecule has 0 aromatic heterocycles. The lowest BCUT2D eigenvalue weighted by Gasteiger charge is -2.06. The first-order valence-corrected chi connectivity index (χ1v) is 7.48. The zero-order valence-electron chi connectivity index (χ0n) is 9.30. The lowest BCUT2D eigenvalue weighted by Crippen LogP contribution is -2.34. The molecule has 0 bridgehead atoms. The molecule has 6 heteroatoms. The molecule has 3 atom stereocenters. The summed E-state index contributed by atoms with van der Waals surface area (Å²) in [6.45, 7) is -0.359. The van der Waals surface area contributed by atoms with Crippen LogP contribution in [0.3, 0.4) is 0 Å². The molecule has 0 unspecified atom stereocenters. The third-order valence-corrected chi connectivity index (χ3v) is 5.11. The number of hydrogen-bond acceptors (Lipinski definition) is 4. The van der Waals surface area contributed by atoms with Gasteiger partial charge in [0.1, 0.15) is 0 Å². The highest BCUT2D eigenvalue weighted by Gasteiger charge is 2.67. The highest BCUT2D eigenvalue weighted by Crippen LogP contribution is 2.53. The van der Waals surface area contributed by atoms with Crippen molar-refractivity contribution in [2.24, 2.45) is 5.73 Å². The van der Waals surface area contributed by atoms with Crippen LogP contribution in [0.15, 0.2) is 24.3 Å². The Morgan fingerprint density at radius 2 is 2.18 bits per heavy atom. The van der Waals surface area contributed by atoms with Gasteiger partial charge in [-0.3, -0.25) is 0 Å². The van der Waals surface area contributed by atoms with E-state index in [2.05, 4.69) is 0 Å². The Kier molecular flexibility index (Phi) is 2.98. The number of hydrogen-bond donors (Lipinski definition) is 2. The molecule has 1 saturated carbocycles. The van der Waals surface area contributed by atoms with Gasteiger partial charge in [-0.25, -0.2) is 8.42 Å². The second-order valence-corrected chi connectivity index (χ2v) is 7.16. The van der Waals surface area contributed by atoms with Gasteiger partial charge in [0.15, 0.2) is 9.84 Å². The van der Waals surface area contributed by atoms with E-state index in [9.17, 15) is 13.5 Å². The quantitative estimate of drug-likeness (QED) is 0.844. The first-order chi connectivity index (χ1) is 7.80. The summed E-state index contributed by atoms with van der Waals surface area (Å²) in [6.07, 6.45) is 1.14. The highest BCUT2D eigenvalue weighted by atomic mass is 35.5. The molecule has 0 radical (unpaired) electrons. The smallest absolute Gasteiger partial charge is 0.152 e. The van der Waals surface area contributed by atoms with E-state index in [0.29, 0.717) is 5.02 Å². The molecule has 1 aliphatic carbocycles. The summed E-state index contributed by atoms with van der Waals surface area (Å²) in [5.41, 5.74) is 5.60. The fourth-order valence-corrected chi connectivity index (χ4v) is 4.49. The van der Waals surface area contributed by atoms with E-state index in [0.717, 1.165) is 11.8 Å². The van der Waals surface area contributed by atoms with Crippen LogP contribution in [0.1, 0.15) is 11.5 Å². The lowest BCUT2D eigenvalue weighted by molar-refractivity contribution is 0.253. The Bertz CT molecular complexity index is 545. The van der Waals surface area contributed by atoms with Gasteiger partial charge in [0.2, 0.25) is 0 Å². The summed E-state index contributed by atoms with van der Waals surface area (Å²) in [5.74, 6) is -0.388. The zero-order valence-corrected chi connectivity index (χ0v) is 10.9. The molecule has 0 saturated heterocycles. The SMILES string of the molecule is CS(=O)(=O)[C@H]1[C@@H](c2cccc(Cl)c2)[C@@]1(N)CO. The van der Waals surface area contributed by atoms with Crippen molar-refractivity contribution in [2.75, 3.05) is 12.9 Å². The van der Waals surface area contributed by atoms with Crippen molar-refractivity contribution in [3.63, 3.8) is 0 Å². The molecule has 94 valence electrons. The standard InChI is InChI=1S/C11H14ClNO3S/c1-17(15,16)10-9(11(10,13)6-14)7-3-2-4-8(12)5-7/h2-5,9-10,14H,6,13H2,1H3/t9-,10+,11+/m1/s1. The molecule has 4 nitrogen and oxygen atoms in total. The van der Waals surface area contributed by atoms with Crippen molar-refractivity contribution >= 4 is 21.4 Å². The number of halogens is 1. The second kappa shape index (κ2) is 3.95. The van der Waals surface area contributed by atoms with Crippen molar-refractivity contribution in [3.8, 4) is 0 Å². The van der Waals surface area contributed by atoms with Crippen LogP contribution in [0.5, 0.6) is 0 Å². The van der Waals surface area contributed by atoms with Gasteiger partial charge >= 0.3 is 0 Å². The highest BCUT2D eigenvalue weighted by molar-refractivity contribution is 7.91. The molecular formula is C11H14ClNO3S. The number of aliphatic hydroxyl groups excluding tert-OH is 1. The number of aliphatic hydroxyl groups is 1. The first-order valence-electron chi connectivity index (χ1n) is 5.15. The largest absolute Gasteiger partial charge is 0.394 e. The Hall–Kier alpha value is -0.620. The van der Waals surface area contributed by atoms with Crippen molar-refractivity contribution < 1.29 is 13.5 Å². The Morgan fingerprint density at radius 1 is 1.53 bits per heavy atom. The van der Waals surface area contributed by atoms with Gasteiger partial charge in [0.05, 0.1) is 17.4 Å². The molecule has 17 heavy (non-hydrogen) atoms. The minimum Gasteiger partial charge on any atom is -0.394 e. The monoisotopic (exact) mass is 275 g/mol. The normalized spacial score (nSPS) is 32.5. The molecule has 1 aromatic rings. The predicted molar refractivity (Wildman–Crippen MR) is 66.8 cm³/mol. The second-order valence-electron chi connectivity index (χ2n) is 4.55. The first kappa shape index (κ1) is 12.8. The van der Waals surface area contributed by atoms with Crippen molar-refractivity contribution in [1.29, 1.82) is 0 Å². The average Bonchev–Trinajstić information content (AvgIpc) is 2.86. The zero-order chi connectivity index (χ0) is 12.8. The van der Waals surface area contributed by atoms with E-state index in [1.54, 1.807) is 24.3 Å². The van der Waals surface area contributed by atoms with Gasteiger partial charge in [-0.15, -0.1) is 0 Å². The Morgan fingerprint density at radius 3 is 2.59 bits per heavy atom. The van der Waals surface area contributed by atoms with Crippen LogP contribution in [0.2, 0.25) is 5.02 Å². The van der Waals surface area contributed by atoms with Gasteiger partial charge in [0.25, 0.3) is 0 Å². The fraction of sp³-hybridized carbons (Fsp3) is 0.455. The van der Waals surface area contributed by atoms with Gasteiger partial charge < -0.3 is 10.8 Å². The third-order valence-electron chi connectivity index (χ3n) is 3.25. The van der Waals surface area contributed by atoms with Crippen molar-refractivity contribution in [2.45, 2.75) is 16.7 Å². The molecule has 2 rings (SSSR count). The van der Waals surface area contributed by atoms with Crippen LogP contribution < -0.4 is 5.73 Å². The van der Waals surface area contributed by atoms with Gasteiger partial charge in [-0.2, -0.15) is 0 Å². The third kappa shape index (κ3) is 2.08. The van der Waals surface area contributed by atoms with Crippen LogP contribution in [-0.4, -0.2) is 37.2 Å². The molecule has 0 aliphatic heterocycles. The molecule has 1 aromatic carbocycles. The topological polar surface area (TPSA) is 80.4 Å². The molecule has 0 spiro atoms. The summed E-state index contributed by atoms with van der Waals surface area (Å²) in [7, 11) is -3.29. The fourth-order valence-electron chi connectivity index (χ4n) is 2.44. The van der Waals surface area contributed by atoms with E-state index < -0.39 is 20.6 Å². The van der Waals surface area contributed by atoms with Crippen LogP contribution in [-0.2, 0) is 9.84 Å². The van der Waals surface area contributed by atoms with E-state index in [-0.39, 0.29) is 12.5 Å². The van der Waals surface area contributed by atoms with Gasteiger partial charge in [0, 0.05) is 17.2 Å². The maximum absolute atomic E-state index is 11.6. The number of rotatable bonds is 3. The summed E-state index contributed by atoms with van der Waals surface area (Å²) < 4.78 is 23.2. The molecule has 0 heterocycles. The molecule has 1 fully saturated rings. The Balaban J connectivity index is 2.41. The van der Waals surface area contributed by atoms with Gasteiger partial charge in [-0.05, 0) is 17.7 Å². The maximum atomic E-state index is 11.6. The van der Waals surface area contributed by atoms with Crippen molar-refractivity contribution in [1.82, 2.24) is 0 Å². The van der Waals surface area contributed by atoms with E-state index >= 15 is 0 Å².